The van der Waals surface area contributed by atoms with Crippen molar-refractivity contribution in [3.63, 3.8) is 0 Å². The molecule has 4 N–H and O–H groups in total. The van der Waals surface area contributed by atoms with Crippen LogP contribution in [0.4, 0.5) is 11.6 Å². The SMILES string of the molecule is COc1c(C(C)Nc2ncnc(N)c2C(C)=N)cc(Cl)c(C)c1-c1cnn(CCN(C)C)c1. The topological polar surface area (TPSA) is 118 Å². The lowest BCUT2D eigenvalue weighted by molar-refractivity contribution is 0.373. The molecular formula is C23H31ClN8O. The number of benzene rings is 1. The predicted octanol–water partition coefficient (Wildman–Crippen LogP) is 4.02. The van der Waals surface area contributed by atoms with Crippen LogP contribution in [0.25, 0.3) is 11.1 Å². The van der Waals surface area contributed by atoms with Gasteiger partial charge in [0, 0.05) is 40.2 Å². The molecule has 0 radical (unpaired) electrons. The number of aromatic nitrogens is 4. The highest BCUT2D eigenvalue weighted by molar-refractivity contribution is 6.32. The second-order valence-corrected chi connectivity index (χ2v) is 8.66. The number of ether oxygens (including phenoxy) is 1. The number of nitrogens with one attached hydrogen (secondary N) is 2. The van der Waals surface area contributed by atoms with Gasteiger partial charge in [0.25, 0.3) is 0 Å². The first-order valence-electron chi connectivity index (χ1n) is 10.6. The van der Waals surface area contributed by atoms with Crippen LogP contribution in [0.1, 0.15) is 36.6 Å². The van der Waals surface area contributed by atoms with E-state index in [1.54, 1.807) is 14.0 Å². The van der Waals surface area contributed by atoms with Gasteiger partial charge in [0.1, 0.15) is 23.7 Å². The molecule has 1 aromatic carbocycles. The molecule has 3 rings (SSSR count). The van der Waals surface area contributed by atoms with Crippen LogP contribution in [0, 0.1) is 12.3 Å². The van der Waals surface area contributed by atoms with Crippen molar-refractivity contribution in [2.75, 3.05) is 38.8 Å². The van der Waals surface area contributed by atoms with E-state index in [0.29, 0.717) is 22.2 Å². The molecule has 0 aliphatic carbocycles. The van der Waals surface area contributed by atoms with E-state index in [1.165, 1.54) is 6.33 Å². The quantitative estimate of drug-likeness (QED) is 0.404. The summed E-state index contributed by atoms with van der Waals surface area (Å²) in [6.45, 7) is 7.27. The van der Waals surface area contributed by atoms with Crippen molar-refractivity contribution < 1.29 is 4.74 Å². The van der Waals surface area contributed by atoms with Gasteiger partial charge in [0.05, 0.1) is 31.5 Å². The maximum atomic E-state index is 8.06. The van der Waals surface area contributed by atoms with Gasteiger partial charge in [-0.2, -0.15) is 5.10 Å². The van der Waals surface area contributed by atoms with Crippen LogP contribution in [0.15, 0.2) is 24.8 Å². The van der Waals surface area contributed by atoms with E-state index in [0.717, 1.165) is 35.3 Å². The summed E-state index contributed by atoms with van der Waals surface area (Å²) in [5, 5.41) is 16.5. The molecule has 3 aromatic rings. The summed E-state index contributed by atoms with van der Waals surface area (Å²) in [5.74, 6) is 1.45. The van der Waals surface area contributed by atoms with Crippen LogP contribution in [0.5, 0.6) is 5.75 Å². The Morgan fingerprint density at radius 2 is 2.09 bits per heavy atom. The third-order valence-corrected chi connectivity index (χ3v) is 5.87. The number of likely N-dealkylation sites (N-methyl/N-ethyl adjacent to an activating group) is 1. The zero-order valence-electron chi connectivity index (χ0n) is 19.9. The molecule has 33 heavy (non-hydrogen) atoms. The first kappa shape index (κ1) is 24.5. The predicted molar refractivity (Wildman–Crippen MR) is 134 cm³/mol. The lowest BCUT2D eigenvalue weighted by Gasteiger charge is -2.23. The Kier molecular flexibility index (Phi) is 7.55. The smallest absolute Gasteiger partial charge is 0.141 e. The average molecular weight is 471 g/mol. The summed E-state index contributed by atoms with van der Waals surface area (Å²) in [6, 6.07) is 1.66. The molecule has 0 saturated carbocycles. The van der Waals surface area contributed by atoms with E-state index in [2.05, 4.69) is 25.3 Å². The number of rotatable bonds is 9. The molecule has 0 fully saturated rings. The van der Waals surface area contributed by atoms with Crippen LogP contribution in [0.2, 0.25) is 5.02 Å². The molecular weight excluding hydrogens is 440 g/mol. The fourth-order valence-electron chi connectivity index (χ4n) is 3.71. The van der Waals surface area contributed by atoms with Crippen molar-refractivity contribution in [2.45, 2.75) is 33.4 Å². The van der Waals surface area contributed by atoms with Crippen LogP contribution in [-0.2, 0) is 6.54 Å². The lowest BCUT2D eigenvalue weighted by Crippen LogP contribution is -2.18. The maximum absolute atomic E-state index is 8.06. The Hall–Kier alpha value is -3.17. The van der Waals surface area contributed by atoms with E-state index < -0.39 is 0 Å². The van der Waals surface area contributed by atoms with Crippen LogP contribution >= 0.6 is 11.6 Å². The monoisotopic (exact) mass is 470 g/mol. The molecule has 0 spiro atoms. The third-order valence-electron chi connectivity index (χ3n) is 5.48. The second kappa shape index (κ2) is 10.2. The molecule has 176 valence electrons. The van der Waals surface area contributed by atoms with Gasteiger partial charge in [0.15, 0.2) is 0 Å². The fourth-order valence-corrected chi connectivity index (χ4v) is 3.92. The summed E-state index contributed by atoms with van der Waals surface area (Å²) < 4.78 is 7.81. The first-order valence-corrected chi connectivity index (χ1v) is 11.0. The van der Waals surface area contributed by atoms with E-state index in [-0.39, 0.29) is 17.6 Å². The number of hydrogen-bond acceptors (Lipinski definition) is 8. The largest absolute Gasteiger partial charge is 0.496 e. The summed E-state index contributed by atoms with van der Waals surface area (Å²) in [5.41, 5.74) is 10.4. The summed E-state index contributed by atoms with van der Waals surface area (Å²) in [7, 11) is 5.71. The minimum absolute atomic E-state index is 0.243. The van der Waals surface area contributed by atoms with Crippen molar-refractivity contribution in [1.29, 1.82) is 5.41 Å². The maximum Gasteiger partial charge on any atom is 0.141 e. The Balaban J connectivity index is 2.04. The number of hydrogen-bond donors (Lipinski definition) is 3. The number of nitrogens with zero attached hydrogens (tertiary/aromatic N) is 5. The van der Waals surface area contributed by atoms with E-state index in [9.17, 15) is 0 Å². The third kappa shape index (κ3) is 5.26. The van der Waals surface area contributed by atoms with E-state index in [1.807, 2.05) is 51.1 Å². The van der Waals surface area contributed by atoms with E-state index in [4.69, 9.17) is 27.5 Å². The van der Waals surface area contributed by atoms with E-state index >= 15 is 0 Å². The standard InChI is InChI=1S/C23H31ClN8O/c1-13-18(24)9-17(15(3)30-23-20(14(2)25)22(26)27-12-28-23)21(33-6)19(13)16-10-29-32(11-16)8-7-31(4)5/h9-12,15,25H,7-8H2,1-6H3,(H3,26,27,28,30). The summed E-state index contributed by atoms with van der Waals surface area (Å²) in [6.07, 6.45) is 5.22. The number of anilines is 2. The highest BCUT2D eigenvalue weighted by atomic mass is 35.5. The van der Waals surface area contributed by atoms with Gasteiger partial charge in [-0.3, -0.25) is 4.68 Å². The minimum atomic E-state index is -0.243. The van der Waals surface area contributed by atoms with Gasteiger partial charge < -0.3 is 26.1 Å². The van der Waals surface area contributed by atoms with Gasteiger partial charge in [-0.25, -0.2) is 9.97 Å². The molecule has 0 aliphatic rings. The molecule has 9 nitrogen and oxygen atoms in total. The van der Waals surface area contributed by atoms with Gasteiger partial charge >= 0.3 is 0 Å². The van der Waals surface area contributed by atoms with Crippen molar-refractivity contribution in [1.82, 2.24) is 24.6 Å². The Bertz CT molecular complexity index is 1160. The van der Waals surface area contributed by atoms with Crippen LogP contribution < -0.4 is 15.8 Å². The molecule has 0 aliphatic heterocycles. The van der Waals surface area contributed by atoms with Gasteiger partial charge in [0.2, 0.25) is 0 Å². The van der Waals surface area contributed by atoms with Crippen LogP contribution in [0.3, 0.4) is 0 Å². The summed E-state index contributed by atoms with van der Waals surface area (Å²) in [4.78, 5) is 10.4. The number of methoxy groups -OCH3 is 1. The zero-order chi connectivity index (χ0) is 24.3. The summed E-state index contributed by atoms with van der Waals surface area (Å²) >= 11 is 6.66. The highest BCUT2D eigenvalue weighted by Gasteiger charge is 2.23. The minimum Gasteiger partial charge on any atom is -0.496 e. The van der Waals surface area contributed by atoms with Crippen molar-refractivity contribution in [2.24, 2.45) is 0 Å². The fraction of sp³-hybridized carbons (Fsp3) is 0.391. The molecule has 0 amide bonds. The molecule has 0 bridgehead atoms. The molecule has 0 saturated heterocycles. The first-order chi connectivity index (χ1) is 15.6. The second-order valence-electron chi connectivity index (χ2n) is 8.25. The van der Waals surface area contributed by atoms with Crippen molar-refractivity contribution >= 4 is 28.9 Å². The number of nitrogen functional groups attached to an aromatic ring is 1. The Morgan fingerprint density at radius 1 is 1.36 bits per heavy atom. The molecule has 2 aromatic heterocycles. The lowest BCUT2D eigenvalue weighted by atomic mass is 9.95. The van der Waals surface area contributed by atoms with Gasteiger partial charge in [-0.05, 0) is 46.5 Å². The van der Waals surface area contributed by atoms with Crippen molar-refractivity contribution in [3.8, 4) is 16.9 Å². The number of halogens is 1. The van der Waals surface area contributed by atoms with Crippen LogP contribution in [-0.4, -0.2) is 58.1 Å². The van der Waals surface area contributed by atoms with Gasteiger partial charge in [-0.1, -0.05) is 11.6 Å². The Labute approximate surface area is 199 Å². The zero-order valence-corrected chi connectivity index (χ0v) is 20.7. The Morgan fingerprint density at radius 3 is 2.73 bits per heavy atom. The van der Waals surface area contributed by atoms with Crippen molar-refractivity contribution in [3.05, 3.63) is 46.5 Å². The molecule has 2 heterocycles. The molecule has 1 atom stereocenters. The highest BCUT2D eigenvalue weighted by Crippen LogP contribution is 2.42. The normalized spacial score (nSPS) is 12.1. The number of nitrogens with two attached hydrogens (primary N) is 1. The molecule has 10 heteroatoms. The van der Waals surface area contributed by atoms with Gasteiger partial charge in [-0.15, -0.1) is 0 Å². The average Bonchev–Trinajstić information content (AvgIpc) is 3.21. The molecule has 1 unspecified atom stereocenters.